The Balaban J connectivity index is 0.000000180. The zero-order valence-corrected chi connectivity index (χ0v) is 11.2. The van der Waals surface area contributed by atoms with Crippen molar-refractivity contribution in [2.24, 2.45) is 23.7 Å². The minimum Gasteiger partial charge on any atom is -0.102 e. The van der Waals surface area contributed by atoms with Gasteiger partial charge in [0.1, 0.15) is 0 Å². The SMILES string of the molecule is C=CC1C=CC(C=C)C1.C=CC1C=CC(C=C)C1. The van der Waals surface area contributed by atoms with Crippen LogP contribution < -0.4 is 0 Å². The molecule has 4 unspecified atom stereocenters. The fourth-order valence-electron chi connectivity index (χ4n) is 2.21. The van der Waals surface area contributed by atoms with Crippen LogP contribution in [0.5, 0.6) is 0 Å². The Labute approximate surface area is 112 Å². The van der Waals surface area contributed by atoms with E-state index in [1.807, 2.05) is 24.3 Å². The summed E-state index contributed by atoms with van der Waals surface area (Å²) in [4.78, 5) is 0. The van der Waals surface area contributed by atoms with E-state index >= 15 is 0 Å². The van der Waals surface area contributed by atoms with Crippen molar-refractivity contribution in [3.05, 3.63) is 74.9 Å². The molecule has 0 bridgehead atoms. The molecule has 0 saturated heterocycles. The van der Waals surface area contributed by atoms with Crippen LogP contribution in [0.3, 0.4) is 0 Å². The molecule has 0 amide bonds. The summed E-state index contributed by atoms with van der Waals surface area (Å²) in [5.74, 6) is 2.36. The van der Waals surface area contributed by atoms with Crippen molar-refractivity contribution in [1.82, 2.24) is 0 Å². The van der Waals surface area contributed by atoms with Crippen LogP contribution in [0.1, 0.15) is 12.8 Å². The van der Waals surface area contributed by atoms with Crippen molar-refractivity contribution in [2.75, 3.05) is 0 Å². The summed E-state index contributed by atoms with van der Waals surface area (Å²) in [6, 6.07) is 0. The molecule has 0 nitrogen and oxygen atoms in total. The van der Waals surface area contributed by atoms with Crippen molar-refractivity contribution < 1.29 is 0 Å². The van der Waals surface area contributed by atoms with Crippen LogP contribution in [0, 0.1) is 23.7 Å². The summed E-state index contributed by atoms with van der Waals surface area (Å²) in [6.45, 7) is 14.9. The number of hydrogen-bond acceptors (Lipinski definition) is 0. The van der Waals surface area contributed by atoms with Gasteiger partial charge in [0.25, 0.3) is 0 Å². The van der Waals surface area contributed by atoms with E-state index in [2.05, 4.69) is 50.6 Å². The second-order valence-electron chi connectivity index (χ2n) is 4.84. The van der Waals surface area contributed by atoms with Gasteiger partial charge in [0.15, 0.2) is 0 Å². The Morgan fingerprint density at radius 1 is 0.556 bits per heavy atom. The lowest BCUT2D eigenvalue weighted by molar-refractivity contribution is 0.679. The summed E-state index contributed by atoms with van der Waals surface area (Å²) in [6.07, 6.45) is 19.1. The maximum atomic E-state index is 3.73. The highest BCUT2D eigenvalue weighted by Gasteiger charge is 2.12. The topological polar surface area (TPSA) is 0 Å². The second-order valence-corrected chi connectivity index (χ2v) is 4.84. The van der Waals surface area contributed by atoms with Crippen LogP contribution in [-0.2, 0) is 0 Å². The molecule has 18 heavy (non-hydrogen) atoms. The van der Waals surface area contributed by atoms with E-state index < -0.39 is 0 Å². The lowest BCUT2D eigenvalue weighted by Crippen LogP contribution is -1.90. The zero-order chi connectivity index (χ0) is 13.4. The molecule has 2 aliphatic rings. The molecule has 0 aliphatic heterocycles. The quantitative estimate of drug-likeness (QED) is 0.600. The molecule has 0 aromatic heterocycles. The Morgan fingerprint density at radius 3 is 0.889 bits per heavy atom. The standard InChI is InChI=1S/2C9H12/c2*1-3-8-5-6-9(4-2)7-8/h2*3-6,8-9H,1-2,7H2. The van der Waals surface area contributed by atoms with Crippen LogP contribution in [0.25, 0.3) is 0 Å². The van der Waals surface area contributed by atoms with Crippen LogP contribution in [-0.4, -0.2) is 0 Å². The molecule has 2 rings (SSSR count). The van der Waals surface area contributed by atoms with Crippen molar-refractivity contribution in [3.63, 3.8) is 0 Å². The molecule has 0 saturated carbocycles. The van der Waals surface area contributed by atoms with E-state index in [1.165, 1.54) is 12.8 Å². The second kappa shape index (κ2) is 7.71. The van der Waals surface area contributed by atoms with Gasteiger partial charge >= 0.3 is 0 Å². The number of hydrogen-bond donors (Lipinski definition) is 0. The van der Waals surface area contributed by atoms with Crippen molar-refractivity contribution in [1.29, 1.82) is 0 Å². The fraction of sp³-hybridized carbons (Fsp3) is 0.333. The van der Waals surface area contributed by atoms with Gasteiger partial charge in [-0.3, -0.25) is 0 Å². The zero-order valence-electron chi connectivity index (χ0n) is 11.2. The highest BCUT2D eigenvalue weighted by Crippen LogP contribution is 2.24. The molecular formula is C18H24. The van der Waals surface area contributed by atoms with E-state index in [4.69, 9.17) is 0 Å². The minimum absolute atomic E-state index is 0.591. The average Bonchev–Trinajstić information content (AvgIpc) is 3.07. The lowest BCUT2D eigenvalue weighted by atomic mass is 10.0. The van der Waals surface area contributed by atoms with Crippen LogP contribution in [0.2, 0.25) is 0 Å². The third kappa shape index (κ3) is 4.37. The molecule has 0 radical (unpaired) electrons. The predicted octanol–water partition coefficient (Wildman–Crippen LogP) is 5.10. The Morgan fingerprint density at radius 2 is 0.778 bits per heavy atom. The van der Waals surface area contributed by atoms with Gasteiger partial charge in [-0.2, -0.15) is 0 Å². The Hall–Kier alpha value is -1.56. The molecule has 0 fully saturated rings. The van der Waals surface area contributed by atoms with Crippen molar-refractivity contribution in [3.8, 4) is 0 Å². The Kier molecular flexibility index (Phi) is 6.21. The maximum Gasteiger partial charge on any atom is -0.00474 e. The summed E-state index contributed by atoms with van der Waals surface area (Å²) >= 11 is 0. The molecule has 4 atom stereocenters. The molecule has 2 aliphatic carbocycles. The average molecular weight is 240 g/mol. The number of allylic oxidation sites excluding steroid dienone is 8. The van der Waals surface area contributed by atoms with Gasteiger partial charge in [-0.15, -0.1) is 26.3 Å². The van der Waals surface area contributed by atoms with Gasteiger partial charge in [0.05, 0.1) is 0 Å². The monoisotopic (exact) mass is 240 g/mol. The van der Waals surface area contributed by atoms with E-state index in [0.29, 0.717) is 23.7 Å². The maximum absolute atomic E-state index is 3.73. The van der Waals surface area contributed by atoms with Crippen LogP contribution in [0.4, 0.5) is 0 Å². The van der Waals surface area contributed by atoms with Gasteiger partial charge in [-0.1, -0.05) is 48.6 Å². The van der Waals surface area contributed by atoms with Crippen LogP contribution in [0.15, 0.2) is 74.9 Å². The highest BCUT2D eigenvalue weighted by atomic mass is 14.2. The first kappa shape index (κ1) is 14.5. The normalized spacial score (nSPS) is 32.4. The van der Waals surface area contributed by atoms with Gasteiger partial charge in [-0.05, 0) is 36.5 Å². The number of rotatable bonds is 4. The van der Waals surface area contributed by atoms with Crippen molar-refractivity contribution in [2.45, 2.75) is 12.8 Å². The van der Waals surface area contributed by atoms with E-state index in [1.54, 1.807) is 0 Å². The molecule has 96 valence electrons. The third-order valence-electron chi connectivity index (χ3n) is 3.51. The smallest absolute Gasteiger partial charge is 0.00474 e. The van der Waals surface area contributed by atoms with E-state index in [0.717, 1.165) is 0 Å². The molecule has 0 heterocycles. The van der Waals surface area contributed by atoms with Crippen molar-refractivity contribution >= 4 is 0 Å². The molecule has 0 heteroatoms. The Bertz CT molecular complexity index is 288. The van der Waals surface area contributed by atoms with Gasteiger partial charge in [0, 0.05) is 0 Å². The minimum atomic E-state index is 0.591. The first-order chi connectivity index (χ1) is 8.73. The fourth-order valence-corrected chi connectivity index (χ4v) is 2.21. The lowest BCUT2D eigenvalue weighted by Gasteiger charge is -2.00. The largest absolute Gasteiger partial charge is 0.102 e. The summed E-state index contributed by atoms with van der Waals surface area (Å²) in [5.41, 5.74) is 0. The first-order valence-corrected chi connectivity index (χ1v) is 6.60. The van der Waals surface area contributed by atoms with Gasteiger partial charge < -0.3 is 0 Å². The molecule has 0 aromatic carbocycles. The molecule has 0 N–H and O–H groups in total. The summed E-state index contributed by atoms with van der Waals surface area (Å²) < 4.78 is 0. The van der Waals surface area contributed by atoms with E-state index in [9.17, 15) is 0 Å². The van der Waals surface area contributed by atoms with Gasteiger partial charge in [-0.25, -0.2) is 0 Å². The highest BCUT2D eigenvalue weighted by molar-refractivity contribution is 5.12. The molecular weight excluding hydrogens is 216 g/mol. The third-order valence-corrected chi connectivity index (χ3v) is 3.51. The molecule has 0 spiro atoms. The predicted molar refractivity (Wildman–Crippen MR) is 82.3 cm³/mol. The summed E-state index contributed by atoms with van der Waals surface area (Å²) in [5, 5.41) is 0. The van der Waals surface area contributed by atoms with Crippen LogP contribution >= 0.6 is 0 Å². The summed E-state index contributed by atoms with van der Waals surface area (Å²) in [7, 11) is 0. The first-order valence-electron chi connectivity index (χ1n) is 6.60. The van der Waals surface area contributed by atoms with Gasteiger partial charge in [0.2, 0.25) is 0 Å². The van der Waals surface area contributed by atoms with E-state index in [-0.39, 0.29) is 0 Å². The molecule has 0 aromatic rings.